The molecule has 1 aromatic carbocycles. The Morgan fingerprint density at radius 2 is 1.97 bits per heavy atom. The van der Waals surface area contributed by atoms with E-state index in [2.05, 4.69) is 10.3 Å². The predicted octanol–water partition coefficient (Wildman–Crippen LogP) is 0.480. The molecular formula is C25H33N7O5S2. The molecule has 2 unspecified atom stereocenters. The highest BCUT2D eigenvalue weighted by atomic mass is 32.2. The maximum atomic E-state index is 13.2. The molecule has 39 heavy (non-hydrogen) atoms. The molecule has 2 amide bonds. The molecule has 4 N–H and O–H groups in total. The number of Topliss-reactive ketones (excluding diaryl/α,β-unsaturated/α-hetero) is 1. The van der Waals surface area contributed by atoms with Crippen LogP contribution in [0.1, 0.15) is 34.6 Å². The Morgan fingerprint density at radius 3 is 2.64 bits per heavy atom. The van der Waals surface area contributed by atoms with E-state index in [4.69, 9.17) is 11.1 Å². The van der Waals surface area contributed by atoms with Crippen molar-refractivity contribution in [2.45, 2.75) is 31.1 Å². The number of guanidine groups is 1. The molecule has 0 aliphatic carbocycles. The molecule has 2 aromatic rings. The van der Waals surface area contributed by atoms with Gasteiger partial charge in [-0.15, -0.1) is 11.3 Å². The first-order valence-electron chi connectivity index (χ1n) is 12.7. The number of ketones is 1. The summed E-state index contributed by atoms with van der Waals surface area (Å²) >= 11 is 1.19. The Hall–Kier alpha value is -3.36. The number of rotatable bonds is 10. The van der Waals surface area contributed by atoms with Crippen molar-refractivity contribution in [3.05, 3.63) is 52.5 Å². The average molecular weight is 576 g/mol. The quantitative estimate of drug-likeness (QED) is 0.209. The second kappa shape index (κ2) is 12.7. The van der Waals surface area contributed by atoms with Crippen molar-refractivity contribution < 1.29 is 22.8 Å². The molecule has 3 heterocycles. The summed E-state index contributed by atoms with van der Waals surface area (Å²) < 4.78 is 26.8. The number of thiazole rings is 1. The average Bonchev–Trinajstić information content (AvgIpc) is 3.44. The third-order valence-corrected chi connectivity index (χ3v) is 9.51. The first kappa shape index (κ1) is 28.6. The van der Waals surface area contributed by atoms with Crippen molar-refractivity contribution in [1.29, 1.82) is 5.41 Å². The molecule has 2 atom stereocenters. The number of nitrogens with two attached hydrogens (primary N) is 1. The molecule has 0 spiro atoms. The van der Waals surface area contributed by atoms with Crippen LogP contribution in [0.25, 0.3) is 0 Å². The fourth-order valence-corrected chi connectivity index (χ4v) is 7.01. The molecule has 4 rings (SSSR count). The van der Waals surface area contributed by atoms with E-state index in [0.29, 0.717) is 25.1 Å². The highest BCUT2D eigenvalue weighted by molar-refractivity contribution is 7.88. The number of piperazine rings is 1. The van der Waals surface area contributed by atoms with E-state index < -0.39 is 27.9 Å². The minimum absolute atomic E-state index is 0.0185. The molecular weight excluding hydrogens is 542 g/mol. The molecule has 14 heteroatoms. The number of sulfonamides is 1. The number of likely N-dealkylation sites (tertiary alicyclic amines) is 1. The summed E-state index contributed by atoms with van der Waals surface area (Å²) in [4.78, 5) is 46.1. The van der Waals surface area contributed by atoms with Gasteiger partial charge in [0.15, 0.2) is 11.0 Å². The van der Waals surface area contributed by atoms with Crippen molar-refractivity contribution >= 4 is 44.9 Å². The van der Waals surface area contributed by atoms with Gasteiger partial charge in [-0.3, -0.25) is 19.8 Å². The fraction of sp³-hybridized carbons (Fsp3) is 0.480. The summed E-state index contributed by atoms with van der Waals surface area (Å²) in [5.74, 6) is -1.46. The summed E-state index contributed by atoms with van der Waals surface area (Å²) in [6.45, 7) is 0.730. The predicted molar refractivity (Wildman–Crippen MR) is 146 cm³/mol. The van der Waals surface area contributed by atoms with Crippen molar-refractivity contribution in [2.24, 2.45) is 11.7 Å². The van der Waals surface area contributed by atoms with Crippen LogP contribution in [0.4, 0.5) is 0 Å². The molecule has 0 saturated carbocycles. The van der Waals surface area contributed by atoms with Gasteiger partial charge in [-0.1, -0.05) is 30.3 Å². The number of hydrogen-bond acceptors (Lipinski definition) is 8. The number of amides is 2. The van der Waals surface area contributed by atoms with Crippen molar-refractivity contribution in [3.8, 4) is 0 Å². The molecule has 2 fully saturated rings. The number of hydrogen-bond donors (Lipinski definition) is 3. The Balaban J connectivity index is 1.36. The van der Waals surface area contributed by atoms with E-state index in [1.807, 2.05) is 0 Å². The van der Waals surface area contributed by atoms with Gasteiger partial charge in [0.25, 0.3) is 0 Å². The van der Waals surface area contributed by atoms with Crippen LogP contribution in [-0.2, 0) is 25.4 Å². The van der Waals surface area contributed by atoms with Gasteiger partial charge in [0.05, 0.1) is 24.9 Å². The number of nitrogens with one attached hydrogen (secondary N) is 2. The number of carbonyl (C=O) groups excluding carboxylic acids is 3. The van der Waals surface area contributed by atoms with Crippen LogP contribution < -0.4 is 11.1 Å². The van der Waals surface area contributed by atoms with Gasteiger partial charge >= 0.3 is 0 Å². The lowest BCUT2D eigenvalue weighted by Crippen LogP contribution is -2.55. The normalized spacial score (nSPS) is 19.5. The lowest BCUT2D eigenvalue weighted by molar-refractivity contribution is -0.138. The second-order valence-corrected chi connectivity index (χ2v) is 12.7. The highest BCUT2D eigenvalue weighted by Crippen LogP contribution is 2.23. The number of aromatic nitrogens is 1. The monoisotopic (exact) mass is 575 g/mol. The number of carbonyl (C=O) groups is 3. The van der Waals surface area contributed by atoms with Crippen LogP contribution in [0.3, 0.4) is 0 Å². The maximum absolute atomic E-state index is 13.2. The van der Waals surface area contributed by atoms with Gasteiger partial charge < -0.3 is 20.9 Å². The maximum Gasteiger partial charge on any atom is 0.240 e. The molecule has 0 radical (unpaired) electrons. The zero-order valence-electron chi connectivity index (χ0n) is 21.5. The minimum atomic E-state index is -3.70. The molecule has 210 valence electrons. The SMILES string of the molecule is N=C(N)N1CCCC(CC(NC(=O)CN2CCN(S(=O)(=O)Cc3ccccc3)CC2=O)C(=O)c2nccs2)C1. The van der Waals surface area contributed by atoms with Gasteiger partial charge in [0, 0.05) is 37.8 Å². The first-order valence-corrected chi connectivity index (χ1v) is 15.2. The molecule has 2 saturated heterocycles. The third kappa shape index (κ3) is 7.61. The summed E-state index contributed by atoms with van der Waals surface area (Å²) in [6.07, 6.45) is 3.54. The van der Waals surface area contributed by atoms with E-state index in [9.17, 15) is 22.8 Å². The number of benzene rings is 1. The molecule has 12 nitrogen and oxygen atoms in total. The Bertz CT molecular complexity index is 1290. The first-order chi connectivity index (χ1) is 18.6. The van der Waals surface area contributed by atoms with E-state index >= 15 is 0 Å². The van der Waals surface area contributed by atoms with Gasteiger partial charge in [-0.05, 0) is 30.7 Å². The van der Waals surface area contributed by atoms with Gasteiger partial charge in [-0.2, -0.15) is 4.31 Å². The van der Waals surface area contributed by atoms with E-state index in [-0.39, 0.29) is 54.6 Å². The Labute approximate surface area is 231 Å². The van der Waals surface area contributed by atoms with Crippen molar-refractivity contribution in [1.82, 2.24) is 24.4 Å². The summed E-state index contributed by atoms with van der Waals surface area (Å²) in [5, 5.41) is 12.5. The summed E-state index contributed by atoms with van der Waals surface area (Å²) in [6, 6.07) is 7.90. The van der Waals surface area contributed by atoms with Crippen LogP contribution in [0.5, 0.6) is 0 Å². The third-order valence-electron chi connectivity index (χ3n) is 6.93. The minimum Gasteiger partial charge on any atom is -0.370 e. The van der Waals surface area contributed by atoms with Crippen LogP contribution in [0.15, 0.2) is 41.9 Å². The Kier molecular flexibility index (Phi) is 9.30. The smallest absolute Gasteiger partial charge is 0.240 e. The summed E-state index contributed by atoms with van der Waals surface area (Å²) in [7, 11) is -3.70. The van der Waals surface area contributed by atoms with E-state index in [1.165, 1.54) is 22.4 Å². The van der Waals surface area contributed by atoms with Gasteiger partial charge in [0.1, 0.15) is 0 Å². The van der Waals surface area contributed by atoms with Gasteiger partial charge in [-0.25, -0.2) is 13.4 Å². The zero-order valence-corrected chi connectivity index (χ0v) is 23.1. The molecule has 2 aliphatic rings. The zero-order chi connectivity index (χ0) is 28.0. The second-order valence-electron chi connectivity index (χ2n) is 9.79. The van der Waals surface area contributed by atoms with Crippen LogP contribution in [-0.4, -0.2) is 96.4 Å². The Morgan fingerprint density at radius 1 is 1.21 bits per heavy atom. The van der Waals surface area contributed by atoms with Crippen LogP contribution >= 0.6 is 11.3 Å². The number of nitrogens with zero attached hydrogens (tertiary/aromatic N) is 4. The molecule has 2 aliphatic heterocycles. The molecule has 0 bridgehead atoms. The summed E-state index contributed by atoms with van der Waals surface area (Å²) in [5.41, 5.74) is 6.29. The largest absolute Gasteiger partial charge is 0.370 e. The van der Waals surface area contributed by atoms with E-state index in [0.717, 1.165) is 17.1 Å². The lowest BCUT2D eigenvalue weighted by atomic mass is 9.90. The highest BCUT2D eigenvalue weighted by Gasteiger charge is 2.34. The van der Waals surface area contributed by atoms with Crippen molar-refractivity contribution in [2.75, 3.05) is 39.3 Å². The lowest BCUT2D eigenvalue weighted by Gasteiger charge is -2.35. The van der Waals surface area contributed by atoms with Crippen LogP contribution in [0.2, 0.25) is 0 Å². The topological polar surface area (TPSA) is 170 Å². The van der Waals surface area contributed by atoms with Crippen LogP contribution in [0, 0.1) is 11.3 Å². The molecule has 1 aromatic heterocycles. The number of piperidine rings is 1. The van der Waals surface area contributed by atoms with Crippen molar-refractivity contribution in [3.63, 3.8) is 0 Å². The van der Waals surface area contributed by atoms with E-state index in [1.54, 1.807) is 40.6 Å². The fourth-order valence-electron chi connectivity index (χ4n) is 4.92. The van der Waals surface area contributed by atoms with Gasteiger partial charge in [0.2, 0.25) is 27.6 Å². The standard InChI is InChI=1S/C25H33N7O5S2/c26-25(27)31-9-4-7-19(14-31)13-20(23(35)24-28-8-12-38-24)29-21(33)15-30-10-11-32(16-22(30)34)39(36,37)17-18-5-2-1-3-6-18/h1-3,5-6,8,12,19-20H,4,7,9-11,13-17H2,(H3,26,27)(H,29,33).